The lowest BCUT2D eigenvalue weighted by molar-refractivity contribution is -0.863. The highest BCUT2D eigenvalue weighted by Gasteiger charge is 2.36. The lowest BCUT2D eigenvalue weighted by Crippen LogP contribution is -3.11. The third-order valence-corrected chi connectivity index (χ3v) is 4.83. The molecule has 1 aliphatic rings. The van der Waals surface area contributed by atoms with Gasteiger partial charge in [-0.3, -0.25) is 9.59 Å². The fraction of sp³-hybridized carbons (Fsp3) is 0.381. The Morgan fingerprint density at radius 2 is 2.00 bits per heavy atom. The van der Waals surface area contributed by atoms with E-state index in [0.717, 1.165) is 16.2 Å². The monoisotopic (exact) mass is 417 g/mol. The molecule has 1 aliphatic heterocycles. The summed E-state index contributed by atoms with van der Waals surface area (Å²) in [6.07, 6.45) is 2.14. The molecule has 0 saturated heterocycles. The van der Waals surface area contributed by atoms with Gasteiger partial charge in [-0.05, 0) is 43.7 Å². The minimum atomic E-state index is -0.305. The van der Waals surface area contributed by atoms with Crippen LogP contribution in [0.4, 0.5) is 0 Å². The van der Waals surface area contributed by atoms with Crippen LogP contribution in [0.15, 0.2) is 52.2 Å². The molecular formula is C21H26ClN4O3+. The lowest BCUT2D eigenvalue weighted by atomic mass is 10.0. The van der Waals surface area contributed by atoms with Crippen LogP contribution >= 0.6 is 11.6 Å². The van der Waals surface area contributed by atoms with Crippen molar-refractivity contribution in [1.82, 2.24) is 10.3 Å². The zero-order chi connectivity index (χ0) is 21.0. The number of quaternary nitrogens is 1. The molecule has 2 atom stereocenters. The first-order valence-electron chi connectivity index (χ1n) is 9.63. The molecule has 2 heterocycles. The number of amides is 2. The summed E-state index contributed by atoms with van der Waals surface area (Å²) < 4.78 is 5.56. The predicted octanol–water partition coefficient (Wildman–Crippen LogP) is 1.65. The van der Waals surface area contributed by atoms with E-state index in [1.165, 1.54) is 5.01 Å². The number of hydrazone groups is 1. The number of nitrogens with zero attached hydrogens (tertiary/aromatic N) is 2. The Morgan fingerprint density at radius 1 is 1.28 bits per heavy atom. The van der Waals surface area contributed by atoms with E-state index in [1.54, 1.807) is 24.5 Å². The van der Waals surface area contributed by atoms with E-state index in [-0.39, 0.29) is 37.0 Å². The molecule has 1 unspecified atom stereocenters. The first kappa shape index (κ1) is 21.1. The van der Waals surface area contributed by atoms with Gasteiger partial charge in [0.2, 0.25) is 0 Å². The largest absolute Gasteiger partial charge is 0.467 e. The van der Waals surface area contributed by atoms with Gasteiger partial charge >= 0.3 is 0 Å². The minimum Gasteiger partial charge on any atom is -0.467 e. The Kier molecular flexibility index (Phi) is 6.71. The summed E-state index contributed by atoms with van der Waals surface area (Å²) >= 11 is 5.98. The number of hydrogen-bond acceptors (Lipinski definition) is 4. The maximum Gasteiger partial charge on any atom is 0.298 e. The van der Waals surface area contributed by atoms with Crippen molar-refractivity contribution in [3.8, 4) is 0 Å². The molecule has 0 bridgehead atoms. The first-order chi connectivity index (χ1) is 13.8. The number of nitrogens with one attached hydrogen (secondary N) is 2. The van der Waals surface area contributed by atoms with Crippen molar-refractivity contribution < 1.29 is 18.9 Å². The van der Waals surface area contributed by atoms with Crippen LogP contribution in [-0.2, 0) is 9.59 Å². The average Bonchev–Trinajstić information content (AvgIpc) is 3.31. The summed E-state index contributed by atoms with van der Waals surface area (Å²) in [4.78, 5) is 25.8. The second kappa shape index (κ2) is 9.24. The third-order valence-electron chi connectivity index (χ3n) is 4.58. The SMILES string of the molecule is CC(C)NC(=O)C[NH+](C)CC(=O)N1N=C(c2ccc(Cl)cc2)C[C@@H]1c1ccco1. The zero-order valence-electron chi connectivity index (χ0n) is 16.8. The summed E-state index contributed by atoms with van der Waals surface area (Å²) in [5, 5.41) is 9.56. The smallest absolute Gasteiger partial charge is 0.298 e. The molecule has 8 heteroatoms. The number of carbonyl (C=O) groups is 2. The van der Waals surface area contributed by atoms with Gasteiger partial charge in [-0.1, -0.05) is 23.7 Å². The van der Waals surface area contributed by atoms with E-state index < -0.39 is 0 Å². The third kappa shape index (κ3) is 5.46. The van der Waals surface area contributed by atoms with Crippen molar-refractivity contribution in [2.75, 3.05) is 20.1 Å². The standard InChI is InChI=1S/C21H25ClN4O3/c1-14(2)23-20(27)12-25(3)13-21(28)26-18(19-5-4-10-29-19)11-17(24-26)15-6-8-16(22)9-7-15/h4-10,14,18H,11-13H2,1-3H3,(H,23,27)/p+1/t18-/m1/s1. The summed E-state index contributed by atoms with van der Waals surface area (Å²) in [5.41, 5.74) is 1.71. The number of carbonyl (C=O) groups excluding carboxylic acids is 2. The van der Waals surface area contributed by atoms with Crippen molar-refractivity contribution >= 4 is 29.1 Å². The van der Waals surface area contributed by atoms with E-state index in [4.69, 9.17) is 16.0 Å². The van der Waals surface area contributed by atoms with Crippen LogP contribution in [-0.4, -0.2) is 48.7 Å². The highest BCUT2D eigenvalue weighted by atomic mass is 35.5. The fourth-order valence-electron chi connectivity index (χ4n) is 3.31. The van der Waals surface area contributed by atoms with E-state index in [1.807, 2.05) is 39.1 Å². The number of rotatable bonds is 7. The summed E-state index contributed by atoms with van der Waals surface area (Å²) in [6.45, 7) is 4.18. The van der Waals surface area contributed by atoms with Gasteiger partial charge in [0.05, 0.1) is 19.0 Å². The molecule has 0 spiro atoms. The molecule has 7 nitrogen and oxygen atoms in total. The summed E-state index contributed by atoms with van der Waals surface area (Å²) in [5.74, 6) is 0.436. The number of benzene rings is 1. The van der Waals surface area contributed by atoms with Gasteiger partial charge in [-0.15, -0.1) is 0 Å². The van der Waals surface area contributed by atoms with Crippen LogP contribution in [0.5, 0.6) is 0 Å². The molecule has 1 aromatic heterocycles. The Bertz CT molecular complexity index is 878. The van der Waals surface area contributed by atoms with Crippen molar-refractivity contribution in [2.24, 2.45) is 5.10 Å². The number of likely N-dealkylation sites (N-methyl/N-ethyl adjacent to an activating group) is 1. The van der Waals surface area contributed by atoms with Crippen LogP contribution in [0.25, 0.3) is 0 Å². The molecule has 0 saturated carbocycles. The normalized spacial score (nSPS) is 17.3. The Morgan fingerprint density at radius 3 is 2.62 bits per heavy atom. The molecule has 29 heavy (non-hydrogen) atoms. The molecule has 2 N–H and O–H groups in total. The van der Waals surface area contributed by atoms with Crippen LogP contribution in [0, 0.1) is 0 Å². The van der Waals surface area contributed by atoms with Crippen LogP contribution in [0.1, 0.15) is 37.6 Å². The summed E-state index contributed by atoms with van der Waals surface area (Å²) in [7, 11) is 1.82. The zero-order valence-corrected chi connectivity index (χ0v) is 17.6. The average molecular weight is 418 g/mol. The number of furan rings is 1. The van der Waals surface area contributed by atoms with Crippen LogP contribution in [0.3, 0.4) is 0 Å². The van der Waals surface area contributed by atoms with E-state index in [9.17, 15) is 9.59 Å². The molecular weight excluding hydrogens is 392 g/mol. The molecule has 0 radical (unpaired) electrons. The second-order valence-corrected chi connectivity index (χ2v) is 8.00. The van der Waals surface area contributed by atoms with Gasteiger partial charge in [0.15, 0.2) is 13.1 Å². The fourth-order valence-corrected chi connectivity index (χ4v) is 3.43. The molecule has 2 amide bonds. The van der Waals surface area contributed by atoms with Gasteiger partial charge in [0.25, 0.3) is 11.8 Å². The molecule has 3 rings (SSSR count). The Labute approximate surface area is 175 Å². The second-order valence-electron chi connectivity index (χ2n) is 7.56. The number of hydrogen-bond donors (Lipinski definition) is 2. The molecule has 2 aromatic rings. The van der Waals surface area contributed by atoms with Crippen molar-refractivity contribution in [3.63, 3.8) is 0 Å². The Balaban J connectivity index is 1.74. The maximum absolute atomic E-state index is 13.0. The molecule has 0 aliphatic carbocycles. The minimum absolute atomic E-state index is 0.0689. The summed E-state index contributed by atoms with van der Waals surface area (Å²) in [6, 6.07) is 10.8. The van der Waals surface area contributed by atoms with Crippen LogP contribution < -0.4 is 10.2 Å². The molecule has 1 aromatic carbocycles. The highest BCUT2D eigenvalue weighted by molar-refractivity contribution is 6.30. The first-order valence-corrected chi connectivity index (χ1v) is 10.0. The van der Waals surface area contributed by atoms with Gasteiger partial charge < -0.3 is 14.6 Å². The van der Waals surface area contributed by atoms with Gasteiger partial charge in [-0.2, -0.15) is 5.10 Å². The van der Waals surface area contributed by atoms with E-state index >= 15 is 0 Å². The molecule has 0 fully saturated rings. The lowest BCUT2D eigenvalue weighted by Gasteiger charge is -2.21. The van der Waals surface area contributed by atoms with Crippen molar-refractivity contribution in [3.05, 3.63) is 59.0 Å². The van der Waals surface area contributed by atoms with E-state index in [0.29, 0.717) is 17.2 Å². The highest BCUT2D eigenvalue weighted by Crippen LogP contribution is 2.33. The van der Waals surface area contributed by atoms with Gasteiger partial charge in [-0.25, -0.2) is 5.01 Å². The van der Waals surface area contributed by atoms with Gasteiger partial charge in [0, 0.05) is 17.5 Å². The van der Waals surface area contributed by atoms with Crippen molar-refractivity contribution in [1.29, 1.82) is 0 Å². The van der Waals surface area contributed by atoms with E-state index in [2.05, 4.69) is 10.4 Å². The quantitative estimate of drug-likeness (QED) is 0.719. The van der Waals surface area contributed by atoms with Gasteiger partial charge in [0.1, 0.15) is 11.8 Å². The topological polar surface area (TPSA) is 79.4 Å². The predicted molar refractivity (Wildman–Crippen MR) is 111 cm³/mol. The van der Waals surface area contributed by atoms with Crippen LogP contribution in [0.2, 0.25) is 5.02 Å². The maximum atomic E-state index is 13.0. The Hall–Kier alpha value is -2.64. The molecule has 154 valence electrons. The number of halogens is 1. The van der Waals surface area contributed by atoms with Crippen molar-refractivity contribution in [2.45, 2.75) is 32.4 Å².